The third-order valence-corrected chi connectivity index (χ3v) is 5.65. The number of carbonyl (C=O) groups excluding carboxylic acids is 1. The van der Waals surface area contributed by atoms with Crippen LogP contribution in [0.4, 0.5) is 8.78 Å². The predicted molar refractivity (Wildman–Crippen MR) is 117 cm³/mol. The highest BCUT2D eigenvalue weighted by molar-refractivity contribution is 5.76. The molecule has 0 saturated carbocycles. The molecule has 1 saturated heterocycles. The third-order valence-electron chi connectivity index (χ3n) is 5.65. The topological polar surface area (TPSA) is 62.2 Å². The van der Waals surface area contributed by atoms with Gasteiger partial charge in [0.2, 0.25) is 5.91 Å². The Kier molecular flexibility index (Phi) is 8.81. The highest BCUT2D eigenvalue weighted by atomic mass is 19.3. The molecule has 8 heteroatoms. The second-order valence-corrected chi connectivity index (χ2v) is 7.85. The van der Waals surface area contributed by atoms with Gasteiger partial charge in [-0.25, -0.2) is 0 Å². The van der Waals surface area contributed by atoms with E-state index in [1.807, 2.05) is 29.2 Å². The molecule has 2 aromatic carbocycles. The zero-order chi connectivity index (χ0) is 22.9. The summed E-state index contributed by atoms with van der Waals surface area (Å²) in [5, 5.41) is 10.5. The van der Waals surface area contributed by atoms with Crippen molar-refractivity contribution in [2.24, 2.45) is 0 Å². The van der Waals surface area contributed by atoms with E-state index in [0.29, 0.717) is 44.6 Å². The van der Waals surface area contributed by atoms with Crippen LogP contribution >= 0.6 is 0 Å². The van der Waals surface area contributed by atoms with Crippen molar-refractivity contribution in [3.8, 4) is 11.5 Å². The Bertz CT molecular complexity index is 846. The van der Waals surface area contributed by atoms with Crippen LogP contribution in [0.5, 0.6) is 11.5 Å². The lowest BCUT2D eigenvalue weighted by atomic mass is 10.1. The van der Waals surface area contributed by atoms with Gasteiger partial charge in [-0.3, -0.25) is 9.69 Å². The number of rotatable bonds is 9. The lowest BCUT2D eigenvalue weighted by Gasteiger charge is -2.24. The summed E-state index contributed by atoms with van der Waals surface area (Å²) >= 11 is 0. The lowest BCUT2D eigenvalue weighted by molar-refractivity contribution is -0.131. The molecule has 1 heterocycles. The van der Waals surface area contributed by atoms with Crippen LogP contribution < -0.4 is 9.47 Å². The number of nitrogens with zero attached hydrogens (tertiary/aromatic N) is 2. The van der Waals surface area contributed by atoms with E-state index in [9.17, 15) is 18.7 Å². The lowest BCUT2D eigenvalue weighted by Crippen LogP contribution is -2.36. The van der Waals surface area contributed by atoms with Gasteiger partial charge < -0.3 is 19.5 Å². The zero-order valence-corrected chi connectivity index (χ0v) is 18.3. The summed E-state index contributed by atoms with van der Waals surface area (Å²) < 4.78 is 34.0. The maximum atomic E-state index is 12.7. The number of carbonyl (C=O) groups is 1. The number of alkyl halides is 2. The normalized spacial score (nSPS) is 16.0. The van der Waals surface area contributed by atoms with E-state index in [4.69, 9.17) is 4.74 Å². The van der Waals surface area contributed by atoms with E-state index < -0.39 is 12.7 Å². The monoisotopic (exact) mass is 448 g/mol. The highest BCUT2D eigenvalue weighted by Crippen LogP contribution is 2.21. The van der Waals surface area contributed by atoms with Crippen molar-refractivity contribution in [3.05, 3.63) is 59.7 Å². The quantitative estimate of drug-likeness (QED) is 0.636. The molecule has 0 radical (unpaired) electrons. The Morgan fingerprint density at radius 3 is 2.34 bits per heavy atom. The van der Waals surface area contributed by atoms with E-state index in [0.717, 1.165) is 24.3 Å². The van der Waals surface area contributed by atoms with E-state index in [2.05, 4.69) is 9.64 Å². The van der Waals surface area contributed by atoms with Crippen LogP contribution in [0.1, 0.15) is 30.1 Å². The number of benzene rings is 2. The van der Waals surface area contributed by atoms with E-state index in [-0.39, 0.29) is 11.7 Å². The van der Waals surface area contributed by atoms with Crippen molar-refractivity contribution in [2.75, 3.05) is 39.8 Å². The summed E-state index contributed by atoms with van der Waals surface area (Å²) in [6.07, 6.45) is 1.24. The number of aryl methyl sites for hydroxylation is 1. The fraction of sp³-hybridized carbons (Fsp3) is 0.458. The molecule has 0 spiro atoms. The van der Waals surface area contributed by atoms with Gasteiger partial charge in [0, 0.05) is 39.1 Å². The number of β-amino-alcohol motifs (C(OH)–C–C–N with tert-alkyl or cyclic N) is 1. The molecular formula is C24H30F2N2O4. The Morgan fingerprint density at radius 1 is 1.00 bits per heavy atom. The van der Waals surface area contributed by atoms with Gasteiger partial charge in [0.15, 0.2) is 0 Å². The Morgan fingerprint density at radius 2 is 1.69 bits per heavy atom. The van der Waals surface area contributed by atoms with Crippen molar-refractivity contribution >= 4 is 5.91 Å². The molecule has 2 aromatic rings. The highest BCUT2D eigenvalue weighted by Gasteiger charge is 2.21. The summed E-state index contributed by atoms with van der Waals surface area (Å²) in [6.45, 7) is 0.334. The van der Waals surface area contributed by atoms with Gasteiger partial charge in [0.1, 0.15) is 11.5 Å². The summed E-state index contributed by atoms with van der Waals surface area (Å²) in [7, 11) is 1.63. The van der Waals surface area contributed by atoms with E-state index in [1.54, 1.807) is 19.2 Å². The van der Waals surface area contributed by atoms with Gasteiger partial charge in [-0.1, -0.05) is 24.3 Å². The van der Waals surface area contributed by atoms with Crippen molar-refractivity contribution in [3.63, 3.8) is 0 Å². The molecule has 0 aromatic heterocycles. The van der Waals surface area contributed by atoms with Crippen LogP contribution in [0.3, 0.4) is 0 Å². The number of ether oxygens (including phenoxy) is 2. The maximum absolute atomic E-state index is 12.7. The van der Waals surface area contributed by atoms with Gasteiger partial charge in [-0.2, -0.15) is 8.78 Å². The summed E-state index contributed by atoms with van der Waals surface area (Å²) in [6, 6.07) is 13.8. The van der Waals surface area contributed by atoms with Gasteiger partial charge in [-0.15, -0.1) is 0 Å². The number of hydrogen-bond acceptors (Lipinski definition) is 5. The number of aliphatic hydroxyl groups is 1. The van der Waals surface area contributed by atoms with Gasteiger partial charge in [0.25, 0.3) is 0 Å². The first kappa shape index (κ1) is 23.9. The molecule has 174 valence electrons. The molecule has 1 aliphatic heterocycles. The van der Waals surface area contributed by atoms with Crippen LogP contribution in [-0.2, 0) is 11.2 Å². The fourth-order valence-corrected chi connectivity index (χ4v) is 3.83. The average Bonchev–Trinajstić information content (AvgIpc) is 3.03. The first-order valence-electron chi connectivity index (χ1n) is 10.8. The van der Waals surface area contributed by atoms with Gasteiger partial charge >= 0.3 is 6.61 Å². The molecule has 3 rings (SSSR count). The predicted octanol–water partition coefficient (Wildman–Crippen LogP) is 3.50. The smallest absolute Gasteiger partial charge is 0.387 e. The molecule has 1 aliphatic rings. The molecule has 32 heavy (non-hydrogen) atoms. The molecule has 1 amide bonds. The minimum atomic E-state index is -2.87. The first-order valence-corrected chi connectivity index (χ1v) is 10.8. The molecule has 1 N–H and O–H groups in total. The maximum Gasteiger partial charge on any atom is 0.387 e. The molecular weight excluding hydrogens is 418 g/mol. The Hall–Kier alpha value is -2.71. The van der Waals surface area contributed by atoms with Crippen molar-refractivity contribution < 1.29 is 28.2 Å². The average molecular weight is 449 g/mol. The number of amides is 1. The van der Waals surface area contributed by atoms with Crippen LogP contribution in [-0.4, -0.2) is 67.3 Å². The van der Waals surface area contributed by atoms with Crippen LogP contribution in [0.2, 0.25) is 0 Å². The molecule has 0 bridgehead atoms. The third kappa shape index (κ3) is 7.17. The zero-order valence-electron chi connectivity index (χ0n) is 18.3. The number of aliphatic hydroxyl groups excluding tert-OH is 1. The Balaban J connectivity index is 1.44. The minimum Gasteiger partial charge on any atom is -0.497 e. The number of hydrogen-bond donors (Lipinski definition) is 1. The second-order valence-electron chi connectivity index (χ2n) is 7.85. The van der Waals surface area contributed by atoms with Gasteiger partial charge in [0.05, 0.1) is 13.2 Å². The molecule has 6 nitrogen and oxygen atoms in total. The molecule has 1 fully saturated rings. The Labute approximate surface area is 187 Å². The van der Waals surface area contributed by atoms with E-state index >= 15 is 0 Å². The minimum absolute atomic E-state index is 0.0644. The number of halogens is 2. The first-order chi connectivity index (χ1) is 15.4. The molecule has 0 aliphatic carbocycles. The van der Waals surface area contributed by atoms with Crippen LogP contribution in [0.25, 0.3) is 0 Å². The van der Waals surface area contributed by atoms with E-state index in [1.165, 1.54) is 12.1 Å². The second kappa shape index (κ2) is 11.8. The number of methoxy groups -OCH3 is 1. The van der Waals surface area contributed by atoms with Crippen molar-refractivity contribution in [2.45, 2.75) is 32.0 Å². The van der Waals surface area contributed by atoms with Gasteiger partial charge in [-0.05, 0) is 48.2 Å². The van der Waals surface area contributed by atoms with Crippen LogP contribution in [0, 0.1) is 0 Å². The van der Waals surface area contributed by atoms with Crippen LogP contribution in [0.15, 0.2) is 48.5 Å². The largest absolute Gasteiger partial charge is 0.497 e. The molecule has 1 atom stereocenters. The fourth-order valence-electron chi connectivity index (χ4n) is 3.83. The van der Waals surface area contributed by atoms with Crippen molar-refractivity contribution in [1.29, 1.82) is 0 Å². The SMILES string of the molecule is COc1ccc(CCC(=O)N2CCCN(CC(O)c3ccc(OC(F)F)cc3)CC2)cc1. The molecule has 1 unspecified atom stereocenters. The summed E-state index contributed by atoms with van der Waals surface area (Å²) in [5.74, 6) is 1.000. The summed E-state index contributed by atoms with van der Waals surface area (Å²) in [5.41, 5.74) is 1.74. The summed E-state index contributed by atoms with van der Waals surface area (Å²) in [4.78, 5) is 16.7. The standard InChI is InChI=1S/C24H30F2N2O4/c1-31-20-8-3-18(4-9-20)5-12-23(30)28-14-2-13-27(15-16-28)17-22(29)19-6-10-21(11-7-19)32-24(25)26/h3-4,6-11,22,24,29H,2,5,12-17H2,1H3. The van der Waals surface area contributed by atoms with Crippen molar-refractivity contribution in [1.82, 2.24) is 9.80 Å².